The van der Waals surface area contributed by atoms with Gasteiger partial charge in [0.15, 0.2) is 0 Å². The van der Waals surface area contributed by atoms with Gasteiger partial charge in [-0.15, -0.1) is 0 Å². The first-order valence-electron chi connectivity index (χ1n) is 13.4. The van der Waals surface area contributed by atoms with Crippen LogP contribution in [0.2, 0.25) is 0 Å². The third-order valence-corrected chi connectivity index (χ3v) is 6.81. The summed E-state index contributed by atoms with van der Waals surface area (Å²) in [7, 11) is 0. The number of primary amides is 1. The second-order valence-corrected chi connectivity index (χ2v) is 9.78. The smallest absolute Gasteiger partial charge is 0.408 e. The summed E-state index contributed by atoms with van der Waals surface area (Å²) >= 11 is 0. The standard InChI is InChI=1S/C30H33N5O6/c31-26(36)15-14-24(34-30(40)41-19-20-7-2-1-3-8-20)28(38)32-18-27(37)35-16-6-11-25(35)29(39)33-23-13-12-21-9-4-5-10-22(21)17-23/h1-5,7-10,12-13,17,24-25H,6,11,14-16,18-19H2,(H2,31,36)(H,32,38)(H,33,39)(H,34,40)/t24-,25-/m0/s1. The molecule has 1 heterocycles. The topological polar surface area (TPSA) is 160 Å². The molecule has 2 atom stereocenters. The van der Waals surface area contributed by atoms with Gasteiger partial charge in [-0.3, -0.25) is 19.2 Å². The molecule has 5 amide bonds. The Morgan fingerprint density at radius 3 is 2.44 bits per heavy atom. The van der Waals surface area contributed by atoms with Gasteiger partial charge in [-0.1, -0.05) is 60.7 Å². The first-order chi connectivity index (χ1) is 19.8. The minimum absolute atomic E-state index is 0.00701. The zero-order valence-corrected chi connectivity index (χ0v) is 22.5. The van der Waals surface area contributed by atoms with Crippen molar-refractivity contribution in [2.75, 3.05) is 18.4 Å². The van der Waals surface area contributed by atoms with E-state index >= 15 is 0 Å². The van der Waals surface area contributed by atoms with Crippen LogP contribution in [0.5, 0.6) is 0 Å². The molecule has 0 aromatic heterocycles. The Labute approximate surface area is 237 Å². The van der Waals surface area contributed by atoms with E-state index in [4.69, 9.17) is 10.5 Å². The Hall–Kier alpha value is -4.93. The van der Waals surface area contributed by atoms with Gasteiger partial charge in [-0.05, 0) is 47.7 Å². The van der Waals surface area contributed by atoms with Gasteiger partial charge >= 0.3 is 6.09 Å². The molecule has 1 saturated heterocycles. The van der Waals surface area contributed by atoms with Crippen molar-refractivity contribution in [1.29, 1.82) is 0 Å². The number of alkyl carbamates (subject to hydrolysis) is 1. The predicted octanol–water partition coefficient (Wildman–Crippen LogP) is 2.45. The van der Waals surface area contributed by atoms with Crippen molar-refractivity contribution in [2.45, 2.75) is 44.4 Å². The lowest BCUT2D eigenvalue weighted by atomic mass is 10.1. The SMILES string of the molecule is NC(=O)CC[C@H](NC(=O)OCc1ccccc1)C(=O)NCC(=O)N1CCC[C@H]1C(=O)Nc1ccc2ccccc2c1. The highest BCUT2D eigenvalue weighted by molar-refractivity contribution is 6.00. The van der Waals surface area contributed by atoms with Crippen LogP contribution in [0.4, 0.5) is 10.5 Å². The Balaban J connectivity index is 1.31. The lowest BCUT2D eigenvalue weighted by Crippen LogP contribution is -2.51. The number of hydrogen-bond acceptors (Lipinski definition) is 6. The second kappa shape index (κ2) is 13.9. The number of rotatable bonds is 11. The maximum atomic E-state index is 13.0. The monoisotopic (exact) mass is 559 g/mol. The molecule has 0 saturated carbocycles. The van der Waals surface area contributed by atoms with Gasteiger partial charge in [0.25, 0.3) is 0 Å². The van der Waals surface area contributed by atoms with Crippen molar-refractivity contribution in [3.8, 4) is 0 Å². The zero-order chi connectivity index (χ0) is 29.2. The van der Waals surface area contributed by atoms with Crippen LogP contribution in [0.3, 0.4) is 0 Å². The van der Waals surface area contributed by atoms with Gasteiger partial charge in [0.05, 0.1) is 6.54 Å². The highest BCUT2D eigenvalue weighted by atomic mass is 16.5. The molecular weight excluding hydrogens is 526 g/mol. The summed E-state index contributed by atoms with van der Waals surface area (Å²) < 4.78 is 5.17. The van der Waals surface area contributed by atoms with Crippen LogP contribution in [0, 0.1) is 0 Å². The van der Waals surface area contributed by atoms with E-state index < -0.39 is 35.9 Å². The lowest BCUT2D eigenvalue weighted by Gasteiger charge is -2.25. The highest BCUT2D eigenvalue weighted by Gasteiger charge is 2.34. The number of amides is 5. The normalized spacial score (nSPS) is 15.1. The molecule has 5 N–H and O–H groups in total. The third kappa shape index (κ3) is 8.28. The van der Waals surface area contributed by atoms with E-state index in [1.807, 2.05) is 48.5 Å². The second-order valence-electron chi connectivity index (χ2n) is 9.78. The number of benzene rings is 3. The Morgan fingerprint density at radius 1 is 0.951 bits per heavy atom. The number of nitrogens with one attached hydrogen (secondary N) is 3. The highest BCUT2D eigenvalue weighted by Crippen LogP contribution is 2.22. The van der Waals surface area contributed by atoms with Crippen molar-refractivity contribution in [3.05, 3.63) is 78.4 Å². The quantitative estimate of drug-likeness (QED) is 0.282. The summed E-state index contributed by atoms with van der Waals surface area (Å²) in [5.41, 5.74) is 6.61. The van der Waals surface area contributed by atoms with Crippen molar-refractivity contribution >= 4 is 46.2 Å². The maximum Gasteiger partial charge on any atom is 0.408 e. The largest absolute Gasteiger partial charge is 0.445 e. The Morgan fingerprint density at radius 2 is 1.68 bits per heavy atom. The average molecular weight is 560 g/mol. The lowest BCUT2D eigenvalue weighted by molar-refractivity contribution is -0.137. The molecule has 3 aromatic carbocycles. The van der Waals surface area contributed by atoms with Crippen LogP contribution in [0.15, 0.2) is 72.8 Å². The first-order valence-corrected chi connectivity index (χ1v) is 13.4. The summed E-state index contributed by atoms with van der Waals surface area (Å²) in [6.45, 7) is -0.0149. The molecule has 0 aliphatic carbocycles. The van der Waals surface area contributed by atoms with Gasteiger partial charge < -0.3 is 31.3 Å². The molecule has 1 fully saturated rings. The third-order valence-electron chi connectivity index (χ3n) is 6.81. The minimum atomic E-state index is -1.15. The van der Waals surface area contributed by atoms with E-state index in [-0.39, 0.29) is 31.9 Å². The van der Waals surface area contributed by atoms with Gasteiger partial charge in [-0.25, -0.2) is 4.79 Å². The number of nitrogens with zero attached hydrogens (tertiary/aromatic N) is 1. The molecule has 0 spiro atoms. The van der Waals surface area contributed by atoms with Crippen LogP contribution < -0.4 is 21.7 Å². The van der Waals surface area contributed by atoms with Crippen LogP contribution in [-0.4, -0.2) is 59.8 Å². The fourth-order valence-corrected chi connectivity index (χ4v) is 4.68. The number of anilines is 1. The first kappa shape index (κ1) is 29.1. The predicted molar refractivity (Wildman–Crippen MR) is 152 cm³/mol. The molecule has 1 aliphatic rings. The van der Waals surface area contributed by atoms with Gasteiger partial charge in [0.1, 0.15) is 18.7 Å². The number of carbonyl (C=O) groups excluding carboxylic acids is 5. The van der Waals surface area contributed by atoms with Gasteiger partial charge in [0, 0.05) is 18.7 Å². The van der Waals surface area contributed by atoms with E-state index in [1.54, 1.807) is 24.3 Å². The van der Waals surface area contributed by atoms with Gasteiger partial charge in [0.2, 0.25) is 23.6 Å². The van der Waals surface area contributed by atoms with E-state index in [9.17, 15) is 24.0 Å². The van der Waals surface area contributed by atoms with Gasteiger partial charge in [-0.2, -0.15) is 0 Å². The van der Waals surface area contributed by atoms with E-state index in [1.165, 1.54) is 4.90 Å². The Kier molecular flexibility index (Phi) is 9.87. The molecule has 3 aromatic rings. The molecule has 11 nitrogen and oxygen atoms in total. The zero-order valence-electron chi connectivity index (χ0n) is 22.5. The van der Waals surface area contributed by atoms with Crippen LogP contribution in [0.25, 0.3) is 10.8 Å². The molecule has 0 radical (unpaired) electrons. The fraction of sp³-hybridized carbons (Fsp3) is 0.300. The summed E-state index contributed by atoms with van der Waals surface area (Å²) in [5, 5.41) is 9.86. The van der Waals surface area contributed by atoms with E-state index in [0.717, 1.165) is 16.3 Å². The fourth-order valence-electron chi connectivity index (χ4n) is 4.68. The van der Waals surface area contributed by atoms with Crippen molar-refractivity contribution < 1.29 is 28.7 Å². The van der Waals surface area contributed by atoms with Crippen molar-refractivity contribution in [1.82, 2.24) is 15.5 Å². The molecule has 0 bridgehead atoms. The molecule has 4 rings (SSSR count). The number of hydrogen-bond donors (Lipinski definition) is 4. The summed E-state index contributed by atoms with van der Waals surface area (Å²) in [6.07, 6.45) is 0.0558. The van der Waals surface area contributed by atoms with Crippen LogP contribution >= 0.6 is 0 Å². The summed E-state index contributed by atoms with van der Waals surface area (Å²) in [5.74, 6) is -2.06. The summed E-state index contributed by atoms with van der Waals surface area (Å²) in [4.78, 5) is 64.0. The molecule has 214 valence electrons. The molecule has 1 aliphatic heterocycles. The number of carbonyl (C=O) groups is 5. The number of likely N-dealkylation sites (tertiary alicyclic amines) is 1. The molecule has 41 heavy (non-hydrogen) atoms. The Bertz CT molecular complexity index is 1410. The van der Waals surface area contributed by atoms with Crippen molar-refractivity contribution in [2.24, 2.45) is 5.73 Å². The molecular formula is C30H33N5O6. The average Bonchev–Trinajstić information content (AvgIpc) is 3.48. The number of nitrogens with two attached hydrogens (primary N) is 1. The van der Waals surface area contributed by atoms with E-state index in [0.29, 0.717) is 25.1 Å². The number of ether oxygens (including phenoxy) is 1. The minimum Gasteiger partial charge on any atom is -0.445 e. The number of fused-ring (bicyclic) bond motifs is 1. The van der Waals surface area contributed by atoms with Crippen molar-refractivity contribution in [3.63, 3.8) is 0 Å². The molecule has 11 heteroatoms. The van der Waals surface area contributed by atoms with Crippen LogP contribution in [0.1, 0.15) is 31.2 Å². The van der Waals surface area contributed by atoms with E-state index in [2.05, 4.69) is 16.0 Å². The van der Waals surface area contributed by atoms with Crippen LogP contribution in [-0.2, 0) is 30.5 Å². The maximum absolute atomic E-state index is 13.0. The summed E-state index contributed by atoms with van der Waals surface area (Å²) in [6, 6.07) is 20.6. The molecule has 0 unspecified atom stereocenters.